The van der Waals surface area contributed by atoms with Crippen LogP contribution in [0.3, 0.4) is 0 Å². The zero-order valence-corrected chi connectivity index (χ0v) is 12.4. The number of rotatable bonds is 5. The molecule has 0 spiro atoms. The summed E-state index contributed by atoms with van der Waals surface area (Å²) in [6, 6.07) is 16.6. The van der Waals surface area contributed by atoms with Gasteiger partial charge in [0, 0.05) is 19.8 Å². The van der Waals surface area contributed by atoms with Gasteiger partial charge in [0.25, 0.3) is 0 Å². The molecule has 2 heteroatoms. The van der Waals surface area contributed by atoms with Gasteiger partial charge >= 0.3 is 0 Å². The minimum atomic E-state index is 0.852. The highest BCUT2D eigenvalue weighted by Crippen LogP contribution is 2.22. The summed E-state index contributed by atoms with van der Waals surface area (Å²) >= 11 is 0. The monoisotopic (exact) mass is 267 g/mol. The van der Waals surface area contributed by atoms with E-state index in [1.54, 1.807) is 7.11 Å². The smallest absolute Gasteiger partial charge is 0.118 e. The SMILES string of the molecule is C=C(Cc1ccc(OC)cc1)c1ccc(N(C)C)cc1. The second kappa shape index (κ2) is 6.29. The van der Waals surface area contributed by atoms with E-state index in [4.69, 9.17) is 4.74 Å². The van der Waals surface area contributed by atoms with Crippen molar-refractivity contribution in [2.45, 2.75) is 6.42 Å². The molecule has 0 N–H and O–H groups in total. The van der Waals surface area contributed by atoms with Crippen LogP contribution in [0.1, 0.15) is 11.1 Å². The number of hydrogen-bond acceptors (Lipinski definition) is 2. The molecule has 2 rings (SSSR count). The summed E-state index contributed by atoms with van der Waals surface area (Å²) in [6.07, 6.45) is 0.852. The molecule has 2 nitrogen and oxygen atoms in total. The Hall–Kier alpha value is -2.22. The van der Waals surface area contributed by atoms with Crippen LogP contribution in [0.4, 0.5) is 5.69 Å². The van der Waals surface area contributed by atoms with Crippen LogP contribution in [0.5, 0.6) is 5.75 Å². The number of methoxy groups -OCH3 is 1. The Bertz CT molecular complexity index is 567. The summed E-state index contributed by atoms with van der Waals surface area (Å²) < 4.78 is 5.17. The maximum atomic E-state index is 5.17. The summed E-state index contributed by atoms with van der Waals surface area (Å²) in [6.45, 7) is 4.19. The van der Waals surface area contributed by atoms with Gasteiger partial charge in [-0.25, -0.2) is 0 Å². The van der Waals surface area contributed by atoms with Crippen molar-refractivity contribution in [3.8, 4) is 5.75 Å². The summed E-state index contributed by atoms with van der Waals surface area (Å²) in [5.41, 5.74) is 4.75. The average Bonchev–Trinajstić information content (AvgIpc) is 2.48. The lowest BCUT2D eigenvalue weighted by Gasteiger charge is -2.13. The molecule has 0 radical (unpaired) electrons. The third kappa shape index (κ3) is 3.41. The maximum absolute atomic E-state index is 5.17. The predicted octanol–water partition coefficient (Wildman–Crippen LogP) is 4.02. The van der Waals surface area contributed by atoms with Gasteiger partial charge in [-0.05, 0) is 47.4 Å². The Kier molecular flexibility index (Phi) is 4.46. The Balaban J connectivity index is 2.07. The largest absolute Gasteiger partial charge is 0.497 e. The molecule has 0 saturated carbocycles. The van der Waals surface area contributed by atoms with Gasteiger partial charge in [0.2, 0.25) is 0 Å². The van der Waals surface area contributed by atoms with Crippen LogP contribution in [0.2, 0.25) is 0 Å². The number of nitrogens with zero attached hydrogens (tertiary/aromatic N) is 1. The summed E-state index contributed by atoms with van der Waals surface area (Å²) in [7, 11) is 5.77. The van der Waals surface area contributed by atoms with Crippen molar-refractivity contribution in [3.63, 3.8) is 0 Å². The van der Waals surface area contributed by atoms with Gasteiger partial charge in [-0.2, -0.15) is 0 Å². The zero-order valence-electron chi connectivity index (χ0n) is 12.4. The second-order valence-electron chi connectivity index (χ2n) is 5.07. The molecular formula is C18H21NO. The highest BCUT2D eigenvalue weighted by molar-refractivity contribution is 5.67. The first kappa shape index (κ1) is 14.2. The lowest BCUT2D eigenvalue weighted by molar-refractivity contribution is 0.414. The van der Waals surface area contributed by atoms with E-state index in [0.717, 1.165) is 17.7 Å². The lowest BCUT2D eigenvalue weighted by Crippen LogP contribution is -2.08. The number of anilines is 1. The summed E-state index contributed by atoms with van der Waals surface area (Å²) in [4.78, 5) is 2.09. The molecule has 0 bridgehead atoms. The van der Waals surface area contributed by atoms with E-state index in [1.807, 2.05) is 26.2 Å². The molecule has 0 aliphatic carbocycles. The van der Waals surface area contributed by atoms with Crippen molar-refractivity contribution in [1.29, 1.82) is 0 Å². The molecule has 0 atom stereocenters. The number of benzene rings is 2. The van der Waals surface area contributed by atoms with Crippen molar-refractivity contribution in [2.24, 2.45) is 0 Å². The van der Waals surface area contributed by atoms with Crippen LogP contribution < -0.4 is 9.64 Å². The fourth-order valence-corrected chi connectivity index (χ4v) is 2.09. The third-order valence-electron chi connectivity index (χ3n) is 3.37. The minimum Gasteiger partial charge on any atom is -0.497 e. The fraction of sp³-hybridized carbons (Fsp3) is 0.222. The summed E-state index contributed by atoms with van der Waals surface area (Å²) in [5, 5.41) is 0. The Morgan fingerprint density at radius 2 is 1.60 bits per heavy atom. The van der Waals surface area contributed by atoms with Gasteiger partial charge in [0.05, 0.1) is 7.11 Å². The van der Waals surface area contributed by atoms with E-state index in [-0.39, 0.29) is 0 Å². The van der Waals surface area contributed by atoms with Crippen LogP contribution in [0, 0.1) is 0 Å². The molecule has 0 saturated heterocycles. The molecule has 20 heavy (non-hydrogen) atoms. The van der Waals surface area contributed by atoms with Gasteiger partial charge in [-0.3, -0.25) is 0 Å². The van der Waals surface area contributed by atoms with Crippen molar-refractivity contribution in [3.05, 3.63) is 66.2 Å². The molecule has 0 unspecified atom stereocenters. The van der Waals surface area contributed by atoms with Crippen molar-refractivity contribution >= 4 is 11.3 Å². The van der Waals surface area contributed by atoms with Crippen molar-refractivity contribution in [2.75, 3.05) is 26.1 Å². The topological polar surface area (TPSA) is 12.5 Å². The van der Waals surface area contributed by atoms with Crippen LogP contribution in [-0.2, 0) is 6.42 Å². The highest BCUT2D eigenvalue weighted by atomic mass is 16.5. The van der Waals surface area contributed by atoms with E-state index in [0.29, 0.717) is 0 Å². The van der Waals surface area contributed by atoms with E-state index >= 15 is 0 Å². The number of hydrogen-bond donors (Lipinski definition) is 0. The Morgan fingerprint density at radius 3 is 2.10 bits per heavy atom. The standard InChI is InChI=1S/C18H21NO/c1-14(13-15-5-11-18(20-4)12-6-15)16-7-9-17(10-8-16)19(2)3/h5-12H,1,13H2,2-4H3. The van der Waals surface area contributed by atoms with Gasteiger partial charge in [-0.15, -0.1) is 0 Å². The first-order valence-electron chi connectivity index (χ1n) is 6.68. The molecule has 0 amide bonds. The molecule has 2 aromatic rings. The Labute approximate surface area is 121 Å². The Morgan fingerprint density at radius 1 is 1.00 bits per heavy atom. The number of ether oxygens (including phenoxy) is 1. The van der Waals surface area contributed by atoms with Crippen molar-refractivity contribution in [1.82, 2.24) is 0 Å². The van der Waals surface area contributed by atoms with Crippen LogP contribution in [0.25, 0.3) is 5.57 Å². The first-order chi connectivity index (χ1) is 9.60. The second-order valence-corrected chi connectivity index (χ2v) is 5.07. The molecule has 0 aromatic heterocycles. The summed E-state index contributed by atoms with van der Waals surface area (Å²) in [5.74, 6) is 0.884. The molecule has 0 aliphatic rings. The molecule has 0 fully saturated rings. The molecule has 0 heterocycles. The van der Waals surface area contributed by atoms with Crippen LogP contribution in [0.15, 0.2) is 55.1 Å². The molecule has 104 valence electrons. The predicted molar refractivity (Wildman–Crippen MR) is 86.5 cm³/mol. The fourth-order valence-electron chi connectivity index (χ4n) is 2.09. The third-order valence-corrected chi connectivity index (χ3v) is 3.37. The number of allylic oxidation sites excluding steroid dienone is 1. The molecule has 0 aliphatic heterocycles. The molecular weight excluding hydrogens is 246 g/mol. The van der Waals surface area contributed by atoms with Gasteiger partial charge in [0.15, 0.2) is 0 Å². The maximum Gasteiger partial charge on any atom is 0.118 e. The van der Waals surface area contributed by atoms with Crippen molar-refractivity contribution < 1.29 is 4.74 Å². The van der Waals surface area contributed by atoms with E-state index in [2.05, 4.69) is 47.9 Å². The lowest BCUT2D eigenvalue weighted by atomic mass is 9.99. The van der Waals surface area contributed by atoms with Crippen LogP contribution >= 0.6 is 0 Å². The quantitative estimate of drug-likeness (QED) is 0.811. The van der Waals surface area contributed by atoms with Gasteiger partial charge < -0.3 is 9.64 Å². The van der Waals surface area contributed by atoms with Crippen LogP contribution in [-0.4, -0.2) is 21.2 Å². The van der Waals surface area contributed by atoms with E-state index < -0.39 is 0 Å². The average molecular weight is 267 g/mol. The first-order valence-corrected chi connectivity index (χ1v) is 6.68. The molecule has 2 aromatic carbocycles. The zero-order chi connectivity index (χ0) is 14.5. The minimum absolute atomic E-state index is 0.852. The van der Waals surface area contributed by atoms with E-state index in [1.165, 1.54) is 16.8 Å². The normalized spacial score (nSPS) is 10.2. The highest BCUT2D eigenvalue weighted by Gasteiger charge is 2.02. The van der Waals surface area contributed by atoms with E-state index in [9.17, 15) is 0 Å². The van der Waals surface area contributed by atoms with Gasteiger partial charge in [-0.1, -0.05) is 30.8 Å². The van der Waals surface area contributed by atoms with Gasteiger partial charge in [0.1, 0.15) is 5.75 Å².